The van der Waals surface area contributed by atoms with E-state index >= 15 is 0 Å². The Labute approximate surface area is 111 Å². The van der Waals surface area contributed by atoms with Gasteiger partial charge in [0.05, 0.1) is 17.4 Å². The van der Waals surface area contributed by atoms with Crippen molar-refractivity contribution in [2.45, 2.75) is 20.3 Å². The Kier molecular flexibility index (Phi) is 5.47. The number of hydrogen-bond acceptors (Lipinski definition) is 7. The van der Waals surface area contributed by atoms with E-state index in [1.54, 1.807) is 4.90 Å². The Bertz CT molecular complexity index is 485. The Morgan fingerprint density at radius 3 is 2.84 bits per heavy atom. The summed E-state index contributed by atoms with van der Waals surface area (Å²) in [6.07, 6.45) is 1.47. The quantitative estimate of drug-likeness (QED) is 0.588. The molecule has 19 heavy (non-hydrogen) atoms. The molecule has 1 aromatic heterocycles. The Balaban J connectivity index is 3.14. The summed E-state index contributed by atoms with van der Waals surface area (Å²) in [5.74, 6) is 0.590. The zero-order valence-corrected chi connectivity index (χ0v) is 11.0. The van der Waals surface area contributed by atoms with E-state index in [2.05, 4.69) is 15.3 Å². The minimum absolute atomic E-state index is 0.151. The van der Waals surface area contributed by atoms with Gasteiger partial charge in [-0.3, -0.25) is 10.1 Å². The minimum Gasteiger partial charge on any atom is -0.354 e. The summed E-state index contributed by atoms with van der Waals surface area (Å²) in [6, 6.07) is 2.02. The van der Waals surface area contributed by atoms with Crippen molar-refractivity contribution < 1.29 is 4.92 Å². The van der Waals surface area contributed by atoms with E-state index in [4.69, 9.17) is 5.26 Å². The van der Waals surface area contributed by atoms with Crippen molar-refractivity contribution in [1.29, 1.82) is 5.26 Å². The molecule has 0 bridgehead atoms. The molecule has 1 rings (SSSR count). The highest BCUT2D eigenvalue weighted by molar-refractivity contribution is 5.58. The van der Waals surface area contributed by atoms with Crippen LogP contribution in [0.15, 0.2) is 6.20 Å². The second kappa shape index (κ2) is 7.10. The van der Waals surface area contributed by atoms with Gasteiger partial charge >= 0.3 is 5.69 Å². The van der Waals surface area contributed by atoms with Crippen LogP contribution in [0, 0.1) is 21.4 Å². The molecule has 0 radical (unpaired) electrons. The van der Waals surface area contributed by atoms with Crippen LogP contribution >= 0.6 is 0 Å². The number of nitrogens with zero attached hydrogens (tertiary/aromatic N) is 5. The third-order valence-corrected chi connectivity index (χ3v) is 2.46. The van der Waals surface area contributed by atoms with Crippen LogP contribution in [0.25, 0.3) is 0 Å². The van der Waals surface area contributed by atoms with E-state index in [9.17, 15) is 10.1 Å². The summed E-state index contributed by atoms with van der Waals surface area (Å²) >= 11 is 0. The van der Waals surface area contributed by atoms with Gasteiger partial charge in [0.2, 0.25) is 11.8 Å². The second-order valence-corrected chi connectivity index (χ2v) is 3.68. The smallest absolute Gasteiger partial charge is 0.329 e. The molecule has 1 heterocycles. The van der Waals surface area contributed by atoms with Crippen LogP contribution in [-0.4, -0.2) is 34.5 Å². The number of nitro groups is 1. The molecule has 1 N–H and O–H groups in total. The van der Waals surface area contributed by atoms with E-state index in [1.165, 1.54) is 6.20 Å². The lowest BCUT2D eigenvalue weighted by Gasteiger charge is -2.20. The van der Waals surface area contributed by atoms with Crippen molar-refractivity contribution in [1.82, 2.24) is 9.97 Å². The summed E-state index contributed by atoms with van der Waals surface area (Å²) in [5, 5.41) is 22.5. The van der Waals surface area contributed by atoms with E-state index in [1.807, 2.05) is 19.9 Å². The maximum absolute atomic E-state index is 11.0. The van der Waals surface area contributed by atoms with Crippen LogP contribution in [0.3, 0.4) is 0 Å². The highest BCUT2D eigenvalue weighted by Gasteiger charge is 2.21. The lowest BCUT2D eigenvalue weighted by Crippen LogP contribution is -2.26. The molecule has 0 saturated heterocycles. The van der Waals surface area contributed by atoms with E-state index in [-0.39, 0.29) is 17.9 Å². The highest BCUT2D eigenvalue weighted by atomic mass is 16.6. The maximum atomic E-state index is 11.0. The summed E-state index contributed by atoms with van der Waals surface area (Å²) in [7, 11) is 0. The first-order valence-electron chi connectivity index (χ1n) is 6.01. The molecule has 8 heteroatoms. The third kappa shape index (κ3) is 3.77. The van der Waals surface area contributed by atoms with Gasteiger partial charge in [0.1, 0.15) is 6.20 Å². The van der Waals surface area contributed by atoms with Crippen molar-refractivity contribution in [2.75, 3.05) is 29.9 Å². The predicted molar refractivity (Wildman–Crippen MR) is 71.0 cm³/mol. The van der Waals surface area contributed by atoms with Gasteiger partial charge in [-0.15, -0.1) is 0 Å². The highest BCUT2D eigenvalue weighted by Crippen LogP contribution is 2.26. The molecule has 0 aromatic carbocycles. The molecule has 1 aromatic rings. The number of anilines is 2. The molecule has 0 amide bonds. The molecule has 0 spiro atoms. The normalized spacial score (nSPS) is 9.74. The molecule has 0 unspecified atom stereocenters. The van der Waals surface area contributed by atoms with Gasteiger partial charge in [-0.1, -0.05) is 0 Å². The topological polar surface area (TPSA) is 108 Å². The molecule has 0 saturated carbocycles. The van der Waals surface area contributed by atoms with Crippen LogP contribution in [0.2, 0.25) is 0 Å². The number of rotatable bonds is 7. The molecular formula is C11H16N6O2. The van der Waals surface area contributed by atoms with Crippen molar-refractivity contribution >= 4 is 17.5 Å². The number of hydrogen-bond donors (Lipinski definition) is 1. The van der Waals surface area contributed by atoms with E-state index in [0.717, 1.165) is 0 Å². The minimum atomic E-state index is -0.514. The first kappa shape index (κ1) is 14.6. The fourth-order valence-corrected chi connectivity index (χ4v) is 1.57. The number of nitriles is 1. The van der Waals surface area contributed by atoms with E-state index in [0.29, 0.717) is 25.6 Å². The average molecular weight is 264 g/mol. The van der Waals surface area contributed by atoms with Gasteiger partial charge < -0.3 is 10.2 Å². The lowest BCUT2D eigenvalue weighted by molar-refractivity contribution is -0.384. The zero-order chi connectivity index (χ0) is 14.3. The Morgan fingerprint density at radius 2 is 2.32 bits per heavy atom. The number of nitrogens with one attached hydrogen (secondary N) is 1. The van der Waals surface area contributed by atoms with Crippen molar-refractivity contribution in [2.24, 2.45) is 0 Å². The third-order valence-electron chi connectivity index (χ3n) is 2.46. The fraction of sp³-hybridized carbons (Fsp3) is 0.545. The first-order valence-corrected chi connectivity index (χ1v) is 6.01. The van der Waals surface area contributed by atoms with Crippen LogP contribution in [-0.2, 0) is 0 Å². The Morgan fingerprint density at radius 1 is 1.58 bits per heavy atom. The van der Waals surface area contributed by atoms with Gasteiger partial charge in [0, 0.05) is 19.6 Å². The van der Waals surface area contributed by atoms with Crippen molar-refractivity contribution in [3.05, 3.63) is 16.3 Å². The summed E-state index contributed by atoms with van der Waals surface area (Å²) in [6.45, 7) is 5.30. The van der Waals surface area contributed by atoms with Gasteiger partial charge in [-0.25, -0.2) is 4.98 Å². The zero-order valence-electron chi connectivity index (χ0n) is 11.0. The van der Waals surface area contributed by atoms with Gasteiger partial charge in [0.15, 0.2) is 0 Å². The van der Waals surface area contributed by atoms with Gasteiger partial charge in [-0.2, -0.15) is 10.2 Å². The Hall–Kier alpha value is -2.43. The van der Waals surface area contributed by atoms with Crippen molar-refractivity contribution in [3.63, 3.8) is 0 Å². The number of aromatic nitrogens is 2. The summed E-state index contributed by atoms with van der Waals surface area (Å²) in [4.78, 5) is 20.2. The second-order valence-electron chi connectivity index (χ2n) is 3.68. The fourth-order valence-electron chi connectivity index (χ4n) is 1.57. The lowest BCUT2D eigenvalue weighted by atomic mass is 10.3. The standard InChI is InChI=1S/C11H16N6O2/c1-3-13-11-14-8-9(17(18)19)10(15-11)16(4-2)7-5-6-12/h8H,3-5,7H2,1-2H3,(H,13,14,15). The molecule has 0 aliphatic heterocycles. The molecule has 0 aliphatic carbocycles. The van der Waals surface area contributed by atoms with E-state index < -0.39 is 4.92 Å². The van der Waals surface area contributed by atoms with Crippen LogP contribution < -0.4 is 10.2 Å². The van der Waals surface area contributed by atoms with Gasteiger partial charge in [0.25, 0.3) is 0 Å². The average Bonchev–Trinajstić information content (AvgIpc) is 2.40. The van der Waals surface area contributed by atoms with Gasteiger partial charge in [-0.05, 0) is 13.8 Å². The molecule has 0 atom stereocenters. The molecule has 102 valence electrons. The summed E-state index contributed by atoms with van der Waals surface area (Å²) in [5.41, 5.74) is -0.151. The molecule has 0 aliphatic rings. The SMILES string of the molecule is CCNc1ncc([N+](=O)[O-])c(N(CC)CCC#N)n1. The van der Waals surface area contributed by atoms with Crippen LogP contribution in [0.5, 0.6) is 0 Å². The molecular weight excluding hydrogens is 248 g/mol. The largest absolute Gasteiger partial charge is 0.354 e. The van der Waals surface area contributed by atoms with Crippen LogP contribution in [0.4, 0.5) is 17.5 Å². The van der Waals surface area contributed by atoms with Crippen LogP contribution in [0.1, 0.15) is 20.3 Å². The molecule has 8 nitrogen and oxygen atoms in total. The predicted octanol–water partition coefficient (Wildman–Crippen LogP) is 1.56. The monoisotopic (exact) mass is 264 g/mol. The maximum Gasteiger partial charge on any atom is 0.329 e. The van der Waals surface area contributed by atoms with Crippen molar-refractivity contribution in [3.8, 4) is 6.07 Å². The summed E-state index contributed by atoms with van der Waals surface area (Å²) < 4.78 is 0. The first-order chi connectivity index (χ1) is 9.13. The molecule has 0 fully saturated rings.